The van der Waals surface area contributed by atoms with E-state index in [4.69, 9.17) is 10.5 Å². The molecule has 0 saturated carbocycles. The van der Waals surface area contributed by atoms with Crippen molar-refractivity contribution in [2.75, 3.05) is 7.11 Å². The molecule has 1 rings (SSSR count). The number of hydrogen-bond acceptors (Lipinski definition) is 3. The van der Waals surface area contributed by atoms with E-state index in [-0.39, 0.29) is 5.54 Å². The number of methoxy groups -OCH3 is 1. The lowest BCUT2D eigenvalue weighted by molar-refractivity contribution is 0.358. The largest absolute Gasteiger partial charge is 0.496 e. The summed E-state index contributed by atoms with van der Waals surface area (Å²) >= 11 is 0. The summed E-state index contributed by atoms with van der Waals surface area (Å²) in [6, 6.07) is 0. The van der Waals surface area contributed by atoms with Crippen LogP contribution in [0.5, 0.6) is 5.75 Å². The highest BCUT2D eigenvalue weighted by atomic mass is 16.5. The number of ether oxygens (including phenoxy) is 1. The first kappa shape index (κ1) is 16.0. The van der Waals surface area contributed by atoms with Crippen molar-refractivity contribution in [2.45, 2.75) is 65.3 Å². The number of aromatic nitrogens is 1. The molecule has 0 spiro atoms. The van der Waals surface area contributed by atoms with Crippen molar-refractivity contribution in [1.82, 2.24) is 4.98 Å². The third-order valence-electron chi connectivity index (χ3n) is 4.00. The van der Waals surface area contributed by atoms with Crippen LogP contribution >= 0.6 is 0 Å². The number of pyridine rings is 1. The molecular weight excluding hydrogens is 236 g/mol. The summed E-state index contributed by atoms with van der Waals surface area (Å²) in [5.74, 6) is 0.943. The Bertz CT molecular complexity index is 417. The summed E-state index contributed by atoms with van der Waals surface area (Å²) in [5.41, 5.74) is 9.67. The fourth-order valence-corrected chi connectivity index (χ4v) is 2.50. The summed E-state index contributed by atoms with van der Waals surface area (Å²) < 4.78 is 5.46. The molecule has 1 aromatic rings. The van der Waals surface area contributed by atoms with Gasteiger partial charge in [-0.2, -0.15) is 0 Å². The third kappa shape index (κ3) is 3.93. The van der Waals surface area contributed by atoms with Gasteiger partial charge < -0.3 is 10.5 Å². The van der Waals surface area contributed by atoms with Gasteiger partial charge in [0.2, 0.25) is 0 Å². The van der Waals surface area contributed by atoms with Crippen LogP contribution in [-0.2, 0) is 6.42 Å². The second-order valence-electron chi connectivity index (χ2n) is 5.54. The zero-order valence-corrected chi connectivity index (χ0v) is 13.0. The highest BCUT2D eigenvalue weighted by Crippen LogP contribution is 2.28. The van der Waals surface area contributed by atoms with Gasteiger partial charge in [-0.1, -0.05) is 26.7 Å². The van der Waals surface area contributed by atoms with Crippen LogP contribution in [0.4, 0.5) is 0 Å². The molecular formula is C16H28N2O. The van der Waals surface area contributed by atoms with Crippen LogP contribution in [-0.4, -0.2) is 17.6 Å². The number of nitrogens with two attached hydrogens (primary N) is 1. The molecule has 0 aliphatic carbocycles. The fourth-order valence-electron chi connectivity index (χ4n) is 2.50. The van der Waals surface area contributed by atoms with Crippen LogP contribution < -0.4 is 10.5 Å². The Kier molecular flexibility index (Phi) is 5.80. The third-order valence-corrected chi connectivity index (χ3v) is 4.00. The van der Waals surface area contributed by atoms with E-state index >= 15 is 0 Å². The summed E-state index contributed by atoms with van der Waals surface area (Å²) in [4.78, 5) is 4.57. The minimum absolute atomic E-state index is 0.145. The van der Waals surface area contributed by atoms with Crippen LogP contribution in [0.15, 0.2) is 6.20 Å². The molecule has 0 radical (unpaired) electrons. The lowest BCUT2D eigenvalue weighted by Crippen LogP contribution is -2.41. The van der Waals surface area contributed by atoms with Crippen molar-refractivity contribution in [1.29, 1.82) is 0 Å². The van der Waals surface area contributed by atoms with Gasteiger partial charge in [-0.25, -0.2) is 0 Å². The smallest absolute Gasteiger partial charge is 0.128 e. The Morgan fingerprint density at radius 3 is 2.53 bits per heavy atom. The van der Waals surface area contributed by atoms with Gasteiger partial charge in [0.25, 0.3) is 0 Å². The summed E-state index contributed by atoms with van der Waals surface area (Å²) in [6.45, 7) is 8.46. The van der Waals surface area contributed by atoms with E-state index in [0.29, 0.717) is 0 Å². The Morgan fingerprint density at radius 1 is 1.32 bits per heavy atom. The van der Waals surface area contributed by atoms with Crippen LogP contribution in [0.2, 0.25) is 0 Å². The van der Waals surface area contributed by atoms with E-state index in [9.17, 15) is 0 Å². The molecule has 1 unspecified atom stereocenters. The maximum Gasteiger partial charge on any atom is 0.128 e. The molecule has 3 heteroatoms. The van der Waals surface area contributed by atoms with E-state index < -0.39 is 0 Å². The molecule has 0 aliphatic heterocycles. The standard InChI is InChI=1S/C16H28N2O/c1-6-8-9-16(17,7-2)10-14-13(4)15(19-5)12(3)11-18-14/h11H,6-10,17H2,1-5H3. The van der Waals surface area contributed by atoms with E-state index in [2.05, 4.69) is 25.8 Å². The quantitative estimate of drug-likeness (QED) is 0.819. The van der Waals surface area contributed by atoms with Crippen molar-refractivity contribution < 1.29 is 4.74 Å². The number of nitrogens with zero attached hydrogens (tertiary/aromatic N) is 1. The average molecular weight is 264 g/mol. The van der Waals surface area contributed by atoms with Gasteiger partial charge in [0.15, 0.2) is 0 Å². The minimum Gasteiger partial charge on any atom is -0.496 e. The molecule has 0 fully saturated rings. The van der Waals surface area contributed by atoms with Crippen LogP contribution in [0.25, 0.3) is 0 Å². The van der Waals surface area contributed by atoms with Crippen molar-refractivity contribution in [2.24, 2.45) is 5.73 Å². The maximum atomic E-state index is 6.53. The Balaban J connectivity index is 2.97. The van der Waals surface area contributed by atoms with Crippen LogP contribution in [0.3, 0.4) is 0 Å². The first-order chi connectivity index (χ1) is 8.97. The SMILES string of the molecule is CCCCC(N)(CC)Cc1ncc(C)c(OC)c1C. The molecule has 1 aromatic heterocycles. The van der Waals surface area contributed by atoms with Gasteiger partial charge in [-0.05, 0) is 26.7 Å². The molecule has 1 heterocycles. The van der Waals surface area contributed by atoms with Gasteiger partial charge in [-0.3, -0.25) is 4.98 Å². The minimum atomic E-state index is -0.145. The summed E-state index contributed by atoms with van der Waals surface area (Å²) in [5, 5.41) is 0. The first-order valence-electron chi connectivity index (χ1n) is 7.25. The first-order valence-corrected chi connectivity index (χ1v) is 7.25. The van der Waals surface area contributed by atoms with E-state index in [0.717, 1.165) is 41.8 Å². The normalized spacial score (nSPS) is 14.2. The highest BCUT2D eigenvalue weighted by molar-refractivity contribution is 5.41. The molecule has 2 N–H and O–H groups in total. The molecule has 0 saturated heterocycles. The molecule has 0 amide bonds. The van der Waals surface area contributed by atoms with Crippen LogP contribution in [0.1, 0.15) is 56.4 Å². The molecule has 0 aromatic carbocycles. The Hall–Kier alpha value is -1.09. The lowest BCUT2D eigenvalue weighted by Gasteiger charge is -2.29. The molecule has 0 aliphatic rings. The number of rotatable bonds is 7. The zero-order valence-electron chi connectivity index (χ0n) is 13.0. The average Bonchev–Trinajstić information content (AvgIpc) is 2.40. The van der Waals surface area contributed by atoms with Crippen molar-refractivity contribution in [3.63, 3.8) is 0 Å². The van der Waals surface area contributed by atoms with Gasteiger partial charge in [-0.15, -0.1) is 0 Å². The highest BCUT2D eigenvalue weighted by Gasteiger charge is 2.25. The second kappa shape index (κ2) is 6.90. The summed E-state index contributed by atoms with van der Waals surface area (Å²) in [7, 11) is 1.71. The second-order valence-corrected chi connectivity index (χ2v) is 5.54. The molecule has 19 heavy (non-hydrogen) atoms. The van der Waals surface area contributed by atoms with Crippen LogP contribution in [0, 0.1) is 13.8 Å². The fraction of sp³-hybridized carbons (Fsp3) is 0.688. The zero-order chi connectivity index (χ0) is 14.5. The van der Waals surface area contributed by atoms with E-state index in [1.54, 1.807) is 7.11 Å². The van der Waals surface area contributed by atoms with Gasteiger partial charge in [0.05, 0.1) is 7.11 Å². The summed E-state index contributed by atoms with van der Waals surface area (Å²) in [6.07, 6.45) is 7.10. The number of hydrogen-bond donors (Lipinski definition) is 1. The molecule has 3 nitrogen and oxygen atoms in total. The van der Waals surface area contributed by atoms with Crippen molar-refractivity contribution in [3.8, 4) is 5.75 Å². The Labute approximate surface area is 117 Å². The van der Waals surface area contributed by atoms with Gasteiger partial charge in [0.1, 0.15) is 5.75 Å². The Morgan fingerprint density at radius 2 is 2.00 bits per heavy atom. The van der Waals surface area contributed by atoms with Gasteiger partial charge in [0, 0.05) is 35.0 Å². The maximum absolute atomic E-state index is 6.53. The monoisotopic (exact) mass is 264 g/mol. The predicted molar refractivity (Wildman–Crippen MR) is 80.7 cm³/mol. The van der Waals surface area contributed by atoms with E-state index in [1.165, 1.54) is 12.8 Å². The molecule has 1 atom stereocenters. The van der Waals surface area contributed by atoms with Crippen molar-refractivity contribution in [3.05, 3.63) is 23.0 Å². The van der Waals surface area contributed by atoms with E-state index in [1.807, 2.05) is 13.1 Å². The topological polar surface area (TPSA) is 48.1 Å². The predicted octanol–water partition coefficient (Wildman–Crippen LogP) is 3.55. The number of aryl methyl sites for hydroxylation is 1. The molecule has 0 bridgehead atoms. The van der Waals surface area contributed by atoms with Gasteiger partial charge >= 0.3 is 0 Å². The lowest BCUT2D eigenvalue weighted by atomic mass is 9.85. The molecule has 108 valence electrons. The van der Waals surface area contributed by atoms with Crippen molar-refractivity contribution >= 4 is 0 Å². The number of unbranched alkanes of at least 4 members (excludes halogenated alkanes) is 1.